The van der Waals surface area contributed by atoms with E-state index in [0.29, 0.717) is 0 Å². The first-order chi connectivity index (χ1) is 24.0. The Morgan fingerprint density at radius 3 is 1.80 bits per heavy atom. The van der Waals surface area contributed by atoms with Gasteiger partial charge < -0.3 is 14.0 Å². The zero-order valence-corrected chi connectivity index (χ0v) is 28.3. The first-order valence-electron chi connectivity index (χ1n) is 16.7. The monoisotopic (exact) mass is 651 g/mol. The van der Waals surface area contributed by atoms with E-state index in [0.717, 1.165) is 38.7 Å². The normalized spacial score (nSPS) is 14.7. The fraction of sp³-hybridized carbons (Fsp3) is 0.0682. The third-order valence-corrected chi connectivity index (χ3v) is 13.2. The molecule has 3 heterocycles. The molecule has 1 aliphatic rings. The Hall–Kier alpha value is -5.70. The molecule has 1 unspecified atom stereocenters. The fourth-order valence-electron chi connectivity index (χ4n) is 7.75. The van der Waals surface area contributed by atoms with Crippen LogP contribution in [0.2, 0.25) is 0 Å². The molecule has 0 spiro atoms. The molecule has 0 radical (unpaired) electrons. The van der Waals surface area contributed by atoms with Crippen molar-refractivity contribution >= 4 is 61.9 Å². The second kappa shape index (κ2) is 11.2. The second-order valence-electron chi connectivity index (χ2n) is 13.2. The van der Waals surface area contributed by atoms with Gasteiger partial charge in [0.1, 0.15) is 0 Å². The summed E-state index contributed by atoms with van der Waals surface area (Å²) in [7, 11) is -3.15. The quantitative estimate of drug-likeness (QED) is 0.174. The van der Waals surface area contributed by atoms with E-state index in [1.165, 1.54) is 32.9 Å². The number of aromatic nitrogens is 2. The highest BCUT2D eigenvalue weighted by Gasteiger charge is 2.37. The predicted molar refractivity (Wildman–Crippen MR) is 205 cm³/mol. The molecule has 6 aromatic carbocycles. The summed E-state index contributed by atoms with van der Waals surface area (Å²) in [6, 6.07) is 54.7. The van der Waals surface area contributed by atoms with Crippen LogP contribution in [0.1, 0.15) is 25.0 Å². The summed E-state index contributed by atoms with van der Waals surface area (Å²) in [5.41, 5.74) is 9.10. The highest BCUT2D eigenvalue weighted by molar-refractivity contribution is 7.85. The highest BCUT2D eigenvalue weighted by atomic mass is 31.2. The third-order valence-electron chi connectivity index (χ3n) is 10.2. The number of para-hydroxylation sites is 3. The minimum Gasteiger partial charge on any atom is -0.310 e. The van der Waals surface area contributed by atoms with Crippen LogP contribution in [0, 0.1) is 0 Å². The van der Waals surface area contributed by atoms with Crippen molar-refractivity contribution in [3.05, 3.63) is 181 Å². The predicted octanol–water partition coefficient (Wildman–Crippen LogP) is 9.93. The van der Waals surface area contributed by atoms with Gasteiger partial charge in [0.15, 0.2) is 7.14 Å². The number of pyridine rings is 1. The molecule has 8 aromatic rings. The van der Waals surface area contributed by atoms with Crippen molar-refractivity contribution in [2.24, 2.45) is 0 Å². The van der Waals surface area contributed by atoms with E-state index in [-0.39, 0.29) is 5.41 Å². The molecule has 2 aromatic heterocycles. The van der Waals surface area contributed by atoms with Crippen molar-refractivity contribution in [1.82, 2.24) is 9.55 Å². The van der Waals surface area contributed by atoms with Gasteiger partial charge in [-0.3, -0.25) is 4.98 Å². The summed E-state index contributed by atoms with van der Waals surface area (Å²) in [5, 5.41) is 4.80. The van der Waals surface area contributed by atoms with Crippen molar-refractivity contribution in [2.75, 3.05) is 4.90 Å². The molecule has 0 amide bonds. The topological polar surface area (TPSA) is 38.1 Å². The fourth-order valence-corrected chi connectivity index (χ4v) is 10.3. The van der Waals surface area contributed by atoms with Gasteiger partial charge in [0.25, 0.3) is 0 Å². The van der Waals surface area contributed by atoms with Crippen LogP contribution in [0.4, 0.5) is 17.1 Å². The molecule has 49 heavy (non-hydrogen) atoms. The van der Waals surface area contributed by atoms with Crippen LogP contribution in [0.25, 0.3) is 27.5 Å². The van der Waals surface area contributed by atoms with Crippen molar-refractivity contribution in [2.45, 2.75) is 19.3 Å². The number of fused-ring (bicyclic) bond motifs is 5. The average Bonchev–Trinajstić information content (AvgIpc) is 3.50. The van der Waals surface area contributed by atoms with Gasteiger partial charge in [-0.25, -0.2) is 0 Å². The smallest absolute Gasteiger partial charge is 0.172 e. The maximum absolute atomic E-state index is 15.1. The Labute approximate surface area is 286 Å². The zero-order chi connectivity index (χ0) is 33.2. The Bertz CT molecular complexity index is 2460. The Morgan fingerprint density at radius 1 is 0.531 bits per heavy atom. The molecule has 4 nitrogen and oxygen atoms in total. The lowest BCUT2D eigenvalue weighted by atomic mass is 9.73. The lowest BCUT2D eigenvalue weighted by Crippen LogP contribution is -2.31. The Balaban J connectivity index is 1.21. The first kappa shape index (κ1) is 29.4. The van der Waals surface area contributed by atoms with Crippen LogP contribution in [-0.2, 0) is 9.98 Å². The van der Waals surface area contributed by atoms with E-state index in [9.17, 15) is 0 Å². The lowest BCUT2D eigenvalue weighted by molar-refractivity contribution is 0.592. The molecule has 0 bridgehead atoms. The molecular formula is C44H34N3OP. The van der Waals surface area contributed by atoms with Crippen LogP contribution < -0.4 is 20.8 Å². The average molecular weight is 652 g/mol. The Kier molecular flexibility index (Phi) is 6.72. The molecule has 1 aliphatic heterocycles. The van der Waals surface area contributed by atoms with Gasteiger partial charge in [-0.05, 0) is 83.9 Å². The number of nitrogens with zero attached hydrogens (tertiary/aromatic N) is 3. The first-order valence-corrected chi connectivity index (χ1v) is 18.4. The molecular weight excluding hydrogens is 617 g/mol. The van der Waals surface area contributed by atoms with Gasteiger partial charge in [0, 0.05) is 55.9 Å². The molecule has 0 N–H and O–H groups in total. The van der Waals surface area contributed by atoms with E-state index in [2.05, 4.69) is 131 Å². The van der Waals surface area contributed by atoms with Crippen molar-refractivity contribution in [3.8, 4) is 5.69 Å². The standard InChI is InChI=1S/C44H34N3OP/c1-44(2)38-18-8-11-21-42(38)46(31-22-25-34(26-23-31)49(48,33-13-4-3-5-14-33)35-15-12-28-45-30-35)43-27-24-32(29-39(43)44)47-40-19-9-6-16-36(40)37-17-7-10-20-41(37)47/h3-30H,1-2H3. The van der Waals surface area contributed by atoms with E-state index >= 15 is 4.57 Å². The van der Waals surface area contributed by atoms with Crippen molar-refractivity contribution < 1.29 is 4.57 Å². The number of hydrogen-bond acceptors (Lipinski definition) is 3. The van der Waals surface area contributed by atoms with Gasteiger partial charge in [-0.15, -0.1) is 0 Å². The van der Waals surface area contributed by atoms with Crippen LogP contribution in [-0.4, -0.2) is 9.55 Å². The molecule has 236 valence electrons. The van der Waals surface area contributed by atoms with Gasteiger partial charge in [-0.1, -0.05) is 98.8 Å². The van der Waals surface area contributed by atoms with E-state index in [1.807, 2.05) is 54.6 Å². The SMILES string of the molecule is CC1(C)c2ccccc2N(c2ccc(P(=O)(c3ccccc3)c3cccnc3)cc2)c2ccc(-n3c4ccccc4c4ccccc43)cc21. The molecule has 0 fully saturated rings. The summed E-state index contributed by atoms with van der Waals surface area (Å²) in [6.07, 6.45) is 3.46. The van der Waals surface area contributed by atoms with Crippen molar-refractivity contribution in [3.63, 3.8) is 0 Å². The molecule has 0 saturated carbocycles. The summed E-state index contributed by atoms with van der Waals surface area (Å²) >= 11 is 0. The van der Waals surface area contributed by atoms with Crippen LogP contribution >= 0.6 is 7.14 Å². The number of rotatable bonds is 5. The highest BCUT2D eigenvalue weighted by Crippen LogP contribution is 2.53. The minimum atomic E-state index is -3.15. The zero-order valence-electron chi connectivity index (χ0n) is 27.4. The number of benzene rings is 6. The lowest BCUT2D eigenvalue weighted by Gasteiger charge is -2.42. The van der Waals surface area contributed by atoms with E-state index in [4.69, 9.17) is 0 Å². The van der Waals surface area contributed by atoms with Gasteiger partial charge >= 0.3 is 0 Å². The molecule has 1 atom stereocenters. The van der Waals surface area contributed by atoms with Gasteiger partial charge in [0.05, 0.1) is 22.4 Å². The minimum absolute atomic E-state index is 0.250. The third kappa shape index (κ3) is 4.45. The van der Waals surface area contributed by atoms with E-state index < -0.39 is 7.14 Å². The number of anilines is 3. The molecule has 0 aliphatic carbocycles. The second-order valence-corrected chi connectivity index (χ2v) is 16.0. The summed E-state index contributed by atoms with van der Waals surface area (Å²) in [5.74, 6) is 0. The van der Waals surface area contributed by atoms with Crippen LogP contribution in [0.15, 0.2) is 170 Å². The van der Waals surface area contributed by atoms with Gasteiger partial charge in [-0.2, -0.15) is 0 Å². The van der Waals surface area contributed by atoms with E-state index in [1.54, 1.807) is 12.4 Å². The molecule has 5 heteroatoms. The maximum Gasteiger partial charge on any atom is 0.172 e. The van der Waals surface area contributed by atoms with Crippen LogP contribution in [0.3, 0.4) is 0 Å². The van der Waals surface area contributed by atoms with Gasteiger partial charge in [0.2, 0.25) is 0 Å². The maximum atomic E-state index is 15.1. The largest absolute Gasteiger partial charge is 0.310 e. The number of hydrogen-bond donors (Lipinski definition) is 0. The summed E-state index contributed by atoms with van der Waals surface area (Å²) in [6.45, 7) is 4.65. The molecule has 9 rings (SSSR count). The van der Waals surface area contributed by atoms with Crippen molar-refractivity contribution in [1.29, 1.82) is 0 Å². The Morgan fingerprint density at radius 2 is 1.10 bits per heavy atom. The summed E-state index contributed by atoms with van der Waals surface area (Å²) in [4.78, 5) is 6.69. The summed E-state index contributed by atoms with van der Waals surface area (Å²) < 4.78 is 17.5. The molecule has 0 saturated heterocycles. The van der Waals surface area contributed by atoms with Crippen LogP contribution in [0.5, 0.6) is 0 Å².